The van der Waals surface area contributed by atoms with Crippen LogP contribution in [-0.4, -0.2) is 69.4 Å². The summed E-state index contributed by atoms with van der Waals surface area (Å²) in [6, 6.07) is 5.71. The normalized spacial score (nSPS) is 23.6. The number of halogens is 1. The van der Waals surface area contributed by atoms with Gasteiger partial charge in [-0.25, -0.2) is 0 Å². The van der Waals surface area contributed by atoms with Crippen LogP contribution in [0, 0.1) is 10.1 Å². The van der Waals surface area contributed by atoms with Gasteiger partial charge in [0, 0.05) is 32.2 Å². The Labute approximate surface area is 170 Å². The number of hydrogen-bond acceptors (Lipinski definition) is 8. The SMILES string of the molecule is CN1CCN(Cc2nnc(N3C(=O)C(Cl)C3c3ccccc3[N+](=O)[O-])s2)CC1. The first kappa shape index (κ1) is 19.2. The van der Waals surface area contributed by atoms with Crippen LogP contribution in [0.25, 0.3) is 0 Å². The van der Waals surface area contributed by atoms with Crippen LogP contribution < -0.4 is 4.90 Å². The van der Waals surface area contributed by atoms with E-state index in [9.17, 15) is 14.9 Å². The Balaban J connectivity index is 1.54. The van der Waals surface area contributed by atoms with Crippen molar-refractivity contribution in [3.05, 3.63) is 45.0 Å². The minimum Gasteiger partial charge on any atom is -0.304 e. The molecule has 0 N–H and O–H groups in total. The Hall–Kier alpha value is -2.14. The summed E-state index contributed by atoms with van der Waals surface area (Å²) in [5.41, 5.74) is 0.348. The molecule has 9 nitrogen and oxygen atoms in total. The van der Waals surface area contributed by atoms with E-state index in [1.54, 1.807) is 18.2 Å². The molecule has 11 heteroatoms. The molecule has 1 amide bonds. The van der Waals surface area contributed by atoms with Crippen molar-refractivity contribution in [1.29, 1.82) is 0 Å². The number of carbonyl (C=O) groups excluding carboxylic acids is 1. The van der Waals surface area contributed by atoms with Crippen molar-refractivity contribution in [2.45, 2.75) is 18.0 Å². The lowest BCUT2D eigenvalue weighted by Gasteiger charge is -2.42. The molecule has 2 unspecified atom stereocenters. The van der Waals surface area contributed by atoms with E-state index in [4.69, 9.17) is 11.6 Å². The second kappa shape index (κ2) is 7.70. The monoisotopic (exact) mass is 422 g/mol. The molecule has 148 valence electrons. The van der Waals surface area contributed by atoms with Crippen LogP contribution in [0.5, 0.6) is 0 Å². The molecule has 3 heterocycles. The van der Waals surface area contributed by atoms with E-state index in [-0.39, 0.29) is 11.6 Å². The summed E-state index contributed by atoms with van der Waals surface area (Å²) in [7, 11) is 2.10. The molecule has 0 bridgehead atoms. The maximum atomic E-state index is 12.4. The molecule has 0 spiro atoms. The zero-order chi connectivity index (χ0) is 19.8. The molecule has 2 aliphatic rings. The topological polar surface area (TPSA) is 95.7 Å². The fourth-order valence-corrected chi connectivity index (χ4v) is 4.75. The van der Waals surface area contributed by atoms with Gasteiger partial charge >= 0.3 is 0 Å². The van der Waals surface area contributed by atoms with Gasteiger partial charge in [-0.1, -0.05) is 23.5 Å². The Morgan fingerprint density at radius 3 is 2.68 bits per heavy atom. The van der Waals surface area contributed by atoms with E-state index in [1.165, 1.54) is 22.3 Å². The average Bonchev–Trinajstić information content (AvgIpc) is 3.14. The molecule has 2 aromatic rings. The molecule has 2 fully saturated rings. The number of aromatic nitrogens is 2. The van der Waals surface area contributed by atoms with Crippen molar-refractivity contribution in [3.63, 3.8) is 0 Å². The number of β-lactam (4-membered cyclic amide) rings is 1. The van der Waals surface area contributed by atoms with Gasteiger partial charge in [-0.3, -0.25) is 24.7 Å². The van der Waals surface area contributed by atoms with E-state index < -0.39 is 16.3 Å². The number of likely N-dealkylation sites (N-methyl/N-ethyl adjacent to an activating group) is 1. The number of piperazine rings is 1. The average molecular weight is 423 g/mol. The Bertz CT molecular complexity index is 901. The van der Waals surface area contributed by atoms with Gasteiger partial charge in [-0.05, 0) is 13.1 Å². The summed E-state index contributed by atoms with van der Waals surface area (Å²) < 4.78 is 0. The number of hydrogen-bond donors (Lipinski definition) is 0. The number of rotatable bonds is 5. The van der Waals surface area contributed by atoms with Crippen LogP contribution in [0.1, 0.15) is 16.6 Å². The second-order valence-electron chi connectivity index (χ2n) is 6.93. The maximum Gasteiger partial charge on any atom is 0.274 e. The summed E-state index contributed by atoms with van der Waals surface area (Å²) in [6.07, 6.45) is 0. The lowest BCUT2D eigenvalue weighted by molar-refractivity contribution is -0.385. The zero-order valence-corrected chi connectivity index (χ0v) is 16.8. The molecule has 2 saturated heterocycles. The van der Waals surface area contributed by atoms with E-state index in [2.05, 4.69) is 27.0 Å². The predicted octanol–water partition coefficient (Wildman–Crippen LogP) is 1.89. The first-order valence-corrected chi connectivity index (χ1v) is 10.1. The third-order valence-electron chi connectivity index (χ3n) is 5.10. The Morgan fingerprint density at radius 2 is 1.96 bits per heavy atom. The lowest BCUT2D eigenvalue weighted by Crippen LogP contribution is -2.56. The van der Waals surface area contributed by atoms with Crippen LogP contribution in [0.2, 0.25) is 0 Å². The molecule has 4 rings (SSSR count). The number of benzene rings is 1. The van der Waals surface area contributed by atoms with Crippen molar-refractivity contribution in [2.75, 3.05) is 38.1 Å². The summed E-state index contributed by atoms with van der Waals surface area (Å²) in [4.78, 5) is 29.3. The number of amides is 1. The highest BCUT2D eigenvalue weighted by molar-refractivity contribution is 7.15. The molecule has 2 atom stereocenters. The minimum atomic E-state index is -0.855. The third kappa shape index (κ3) is 3.48. The molecule has 0 aliphatic carbocycles. The first-order valence-electron chi connectivity index (χ1n) is 8.89. The fourth-order valence-electron chi connectivity index (χ4n) is 3.47. The third-order valence-corrected chi connectivity index (χ3v) is 6.43. The molecular weight excluding hydrogens is 404 g/mol. The number of anilines is 1. The van der Waals surface area contributed by atoms with E-state index in [0.717, 1.165) is 31.2 Å². The summed E-state index contributed by atoms with van der Waals surface area (Å²) in [5, 5.41) is 20.1. The molecule has 28 heavy (non-hydrogen) atoms. The van der Waals surface area contributed by atoms with Crippen molar-refractivity contribution in [2.24, 2.45) is 0 Å². The van der Waals surface area contributed by atoms with Crippen molar-refractivity contribution in [3.8, 4) is 0 Å². The number of nitro benzene ring substituents is 1. The largest absolute Gasteiger partial charge is 0.304 e. The molecular formula is C17H19ClN6O3S. The maximum absolute atomic E-state index is 12.4. The van der Waals surface area contributed by atoms with Gasteiger partial charge < -0.3 is 4.90 Å². The summed E-state index contributed by atoms with van der Waals surface area (Å²) in [5.74, 6) is -0.313. The van der Waals surface area contributed by atoms with E-state index in [1.807, 2.05) is 0 Å². The van der Waals surface area contributed by atoms with Gasteiger partial charge in [0.25, 0.3) is 5.69 Å². The predicted molar refractivity (Wildman–Crippen MR) is 106 cm³/mol. The highest BCUT2D eigenvalue weighted by Gasteiger charge is 2.51. The van der Waals surface area contributed by atoms with Gasteiger partial charge in [-0.15, -0.1) is 21.8 Å². The highest BCUT2D eigenvalue weighted by Crippen LogP contribution is 2.45. The Kier molecular flexibility index (Phi) is 5.28. The van der Waals surface area contributed by atoms with Gasteiger partial charge in [0.05, 0.1) is 23.1 Å². The number of nitrogens with zero attached hydrogens (tertiary/aromatic N) is 6. The van der Waals surface area contributed by atoms with Crippen LogP contribution in [0.4, 0.5) is 10.8 Å². The summed E-state index contributed by atoms with van der Waals surface area (Å²) >= 11 is 7.56. The van der Waals surface area contributed by atoms with Gasteiger partial charge in [-0.2, -0.15) is 0 Å². The zero-order valence-electron chi connectivity index (χ0n) is 15.2. The van der Waals surface area contributed by atoms with Crippen LogP contribution in [0.15, 0.2) is 24.3 Å². The fraction of sp³-hybridized carbons (Fsp3) is 0.471. The molecule has 0 radical (unpaired) electrons. The van der Waals surface area contributed by atoms with E-state index in [0.29, 0.717) is 17.2 Å². The quantitative estimate of drug-likeness (QED) is 0.314. The minimum absolute atomic E-state index is 0.0576. The van der Waals surface area contributed by atoms with Gasteiger partial charge in [0.15, 0.2) is 0 Å². The number of carbonyl (C=O) groups is 1. The first-order chi connectivity index (χ1) is 13.5. The van der Waals surface area contributed by atoms with Crippen LogP contribution >= 0.6 is 22.9 Å². The lowest BCUT2D eigenvalue weighted by atomic mass is 9.92. The van der Waals surface area contributed by atoms with Crippen LogP contribution in [0.3, 0.4) is 0 Å². The number of para-hydroxylation sites is 1. The molecule has 1 aromatic carbocycles. The summed E-state index contributed by atoms with van der Waals surface area (Å²) in [6.45, 7) is 4.59. The molecule has 2 aliphatic heterocycles. The highest BCUT2D eigenvalue weighted by atomic mass is 35.5. The van der Waals surface area contributed by atoms with Crippen molar-refractivity contribution < 1.29 is 9.72 Å². The van der Waals surface area contributed by atoms with Crippen molar-refractivity contribution in [1.82, 2.24) is 20.0 Å². The van der Waals surface area contributed by atoms with Crippen molar-refractivity contribution >= 4 is 39.7 Å². The van der Waals surface area contributed by atoms with Crippen LogP contribution in [-0.2, 0) is 11.3 Å². The second-order valence-corrected chi connectivity index (χ2v) is 8.44. The van der Waals surface area contributed by atoms with E-state index >= 15 is 0 Å². The smallest absolute Gasteiger partial charge is 0.274 e. The number of alkyl halides is 1. The number of nitro groups is 1. The standard InChI is InChI=1S/C17H19ClN6O3S/c1-21-6-8-22(9-7-21)10-13-19-20-17(28-13)23-15(14(18)16(23)25)11-4-2-3-5-12(11)24(26)27/h2-5,14-15H,6-10H2,1H3. The molecule has 0 saturated carbocycles. The Morgan fingerprint density at radius 1 is 1.25 bits per heavy atom. The van der Waals surface area contributed by atoms with Gasteiger partial charge in [0.2, 0.25) is 11.0 Å². The molecule has 1 aromatic heterocycles. The van der Waals surface area contributed by atoms with Gasteiger partial charge in [0.1, 0.15) is 10.4 Å².